The minimum atomic E-state index is -0.896. The second-order valence-corrected chi connectivity index (χ2v) is 9.55. The fourth-order valence-corrected chi connectivity index (χ4v) is 4.03. The highest BCUT2D eigenvalue weighted by molar-refractivity contribution is 8.69. The number of hydrogen-bond acceptors (Lipinski definition) is 4. The van der Waals surface area contributed by atoms with Crippen LogP contribution in [0.4, 0.5) is 0 Å². The lowest BCUT2D eigenvalue weighted by Crippen LogP contribution is -2.29. The average molecular weight is 274 g/mol. The monoisotopic (exact) mass is 274 g/mol. The molecule has 3 nitrogen and oxygen atoms in total. The zero-order valence-electron chi connectivity index (χ0n) is 11.5. The summed E-state index contributed by atoms with van der Waals surface area (Å²) in [6, 6.07) is 0. The molecular formula is C12H22N2OS2. The Kier molecular flexibility index (Phi) is 4.58. The fourth-order valence-electron chi connectivity index (χ4n) is 1.19. The van der Waals surface area contributed by atoms with Gasteiger partial charge in [0.15, 0.2) is 0 Å². The van der Waals surface area contributed by atoms with Crippen molar-refractivity contribution < 1.29 is 4.21 Å². The van der Waals surface area contributed by atoms with E-state index in [0.29, 0.717) is 11.5 Å². The van der Waals surface area contributed by atoms with Crippen LogP contribution in [-0.4, -0.2) is 27.1 Å². The van der Waals surface area contributed by atoms with Gasteiger partial charge in [-0.1, -0.05) is 52.3 Å². The van der Waals surface area contributed by atoms with Crippen LogP contribution < -0.4 is 0 Å². The van der Waals surface area contributed by atoms with E-state index in [0.717, 1.165) is 11.4 Å². The van der Waals surface area contributed by atoms with Gasteiger partial charge in [0.05, 0.1) is 27.0 Å². The molecule has 1 unspecified atom stereocenters. The third-order valence-electron chi connectivity index (χ3n) is 2.60. The van der Waals surface area contributed by atoms with E-state index < -0.39 is 9.83 Å². The smallest absolute Gasteiger partial charge is 0.0865 e. The van der Waals surface area contributed by atoms with Gasteiger partial charge < -0.3 is 0 Å². The van der Waals surface area contributed by atoms with E-state index in [-0.39, 0.29) is 10.8 Å². The summed E-state index contributed by atoms with van der Waals surface area (Å²) in [4.78, 5) is 0. The predicted molar refractivity (Wildman–Crippen MR) is 79.2 cm³/mol. The van der Waals surface area contributed by atoms with Gasteiger partial charge in [0, 0.05) is 16.6 Å². The lowest BCUT2D eigenvalue weighted by atomic mass is 9.90. The first kappa shape index (κ1) is 14.9. The van der Waals surface area contributed by atoms with E-state index in [1.54, 1.807) is 0 Å². The molecule has 0 radical (unpaired) electrons. The second-order valence-electron chi connectivity index (χ2n) is 6.30. The number of hydrogen-bond donors (Lipinski definition) is 0. The maximum absolute atomic E-state index is 11.9. The molecule has 1 aliphatic heterocycles. The molecule has 0 saturated heterocycles. The molecule has 0 spiro atoms. The third kappa shape index (κ3) is 4.54. The van der Waals surface area contributed by atoms with Crippen LogP contribution in [0.15, 0.2) is 10.2 Å². The maximum atomic E-state index is 11.9. The summed E-state index contributed by atoms with van der Waals surface area (Å²) in [5.74, 6) is 1.23. The molecule has 0 fully saturated rings. The minimum Gasteiger partial charge on any atom is -0.248 e. The van der Waals surface area contributed by atoms with E-state index in [2.05, 4.69) is 51.7 Å². The van der Waals surface area contributed by atoms with E-state index in [1.165, 1.54) is 10.8 Å². The Morgan fingerprint density at radius 3 is 1.94 bits per heavy atom. The minimum absolute atomic E-state index is 0.0129. The third-order valence-corrected chi connectivity index (χ3v) is 5.26. The summed E-state index contributed by atoms with van der Waals surface area (Å²) in [6.07, 6.45) is 0. The van der Waals surface area contributed by atoms with Crippen LogP contribution in [0, 0.1) is 10.8 Å². The van der Waals surface area contributed by atoms with Gasteiger partial charge in [-0.3, -0.25) is 0 Å². The summed E-state index contributed by atoms with van der Waals surface area (Å²) in [7, 11) is 0.572. The molecule has 1 aliphatic rings. The van der Waals surface area contributed by atoms with Gasteiger partial charge in [0.2, 0.25) is 0 Å². The molecule has 1 atom stereocenters. The molecular weight excluding hydrogens is 252 g/mol. The SMILES string of the molecule is CC(C)(C)/C1=N/N=C(/C(C)(C)C)CS(=O)SC1. The first-order valence-electron chi connectivity index (χ1n) is 5.77. The number of nitrogens with zero attached hydrogens (tertiary/aromatic N) is 2. The summed E-state index contributed by atoms with van der Waals surface area (Å²) >= 11 is 0. The van der Waals surface area contributed by atoms with Crippen molar-refractivity contribution >= 4 is 32.0 Å². The maximum Gasteiger partial charge on any atom is 0.0865 e. The van der Waals surface area contributed by atoms with Crippen molar-refractivity contribution in [1.29, 1.82) is 0 Å². The Labute approximate surface area is 110 Å². The lowest BCUT2D eigenvalue weighted by Gasteiger charge is -2.24. The van der Waals surface area contributed by atoms with Gasteiger partial charge in [0.25, 0.3) is 0 Å². The van der Waals surface area contributed by atoms with Crippen molar-refractivity contribution in [2.75, 3.05) is 11.5 Å². The highest BCUT2D eigenvalue weighted by Crippen LogP contribution is 2.26. The second kappa shape index (κ2) is 5.22. The van der Waals surface area contributed by atoms with Gasteiger partial charge in [0.1, 0.15) is 0 Å². The Bertz CT molecular complexity index is 373. The van der Waals surface area contributed by atoms with Crippen LogP contribution in [0.3, 0.4) is 0 Å². The Hall–Kier alpha value is -0.160. The molecule has 0 N–H and O–H groups in total. The highest BCUT2D eigenvalue weighted by Gasteiger charge is 2.26. The normalized spacial score (nSPS) is 29.6. The van der Waals surface area contributed by atoms with Crippen molar-refractivity contribution in [1.82, 2.24) is 0 Å². The molecule has 1 rings (SSSR count). The largest absolute Gasteiger partial charge is 0.248 e. The summed E-state index contributed by atoms with van der Waals surface area (Å²) in [5.41, 5.74) is 1.85. The lowest BCUT2D eigenvalue weighted by molar-refractivity contribution is 0.577. The Morgan fingerprint density at radius 1 is 1.00 bits per heavy atom. The van der Waals surface area contributed by atoms with Crippen LogP contribution in [0.1, 0.15) is 41.5 Å². The molecule has 0 saturated carbocycles. The average Bonchev–Trinajstić information content (AvgIpc) is 2.07. The van der Waals surface area contributed by atoms with E-state index in [4.69, 9.17) is 0 Å². The molecule has 98 valence electrons. The van der Waals surface area contributed by atoms with Gasteiger partial charge >= 0.3 is 0 Å². The standard InChI is InChI=1S/C12H22N2OS2/c1-11(2,3)9-7-16-17(15)8-10(14-13-9)12(4,5)6/h7-8H2,1-6H3/b13-9+,14-10+. The Balaban J connectivity index is 3.10. The first-order valence-corrected chi connectivity index (χ1v) is 8.59. The Morgan fingerprint density at radius 2 is 1.47 bits per heavy atom. The molecule has 0 aromatic carbocycles. The van der Waals surface area contributed by atoms with Crippen molar-refractivity contribution in [2.45, 2.75) is 41.5 Å². The van der Waals surface area contributed by atoms with Gasteiger partial charge in [-0.15, -0.1) is 0 Å². The molecule has 0 aromatic heterocycles. The van der Waals surface area contributed by atoms with Crippen molar-refractivity contribution in [3.8, 4) is 0 Å². The van der Waals surface area contributed by atoms with E-state index >= 15 is 0 Å². The van der Waals surface area contributed by atoms with Crippen molar-refractivity contribution in [3.05, 3.63) is 0 Å². The van der Waals surface area contributed by atoms with Crippen LogP contribution in [0.5, 0.6) is 0 Å². The van der Waals surface area contributed by atoms with Crippen LogP contribution in [0.2, 0.25) is 0 Å². The molecule has 0 bridgehead atoms. The topological polar surface area (TPSA) is 41.8 Å². The van der Waals surface area contributed by atoms with Crippen molar-refractivity contribution in [3.63, 3.8) is 0 Å². The molecule has 5 heteroatoms. The molecule has 17 heavy (non-hydrogen) atoms. The molecule has 0 amide bonds. The van der Waals surface area contributed by atoms with E-state index in [9.17, 15) is 4.21 Å². The fraction of sp³-hybridized carbons (Fsp3) is 0.833. The summed E-state index contributed by atoms with van der Waals surface area (Å²) in [5, 5.41) is 8.74. The molecule has 0 aliphatic carbocycles. The number of rotatable bonds is 0. The highest BCUT2D eigenvalue weighted by atomic mass is 33.1. The summed E-state index contributed by atoms with van der Waals surface area (Å²) < 4.78 is 11.9. The first-order chi connectivity index (χ1) is 7.60. The van der Waals surface area contributed by atoms with Gasteiger partial charge in [-0.25, -0.2) is 4.21 Å². The quantitative estimate of drug-likeness (QED) is 0.636. The van der Waals surface area contributed by atoms with Gasteiger partial charge in [-0.05, 0) is 0 Å². The van der Waals surface area contributed by atoms with E-state index in [1.807, 2.05) is 0 Å². The zero-order valence-corrected chi connectivity index (χ0v) is 13.2. The summed E-state index contributed by atoms with van der Waals surface area (Å²) in [6.45, 7) is 12.6. The zero-order chi connectivity index (χ0) is 13.3. The predicted octanol–water partition coefficient (Wildman–Crippen LogP) is 3.29. The van der Waals surface area contributed by atoms with Crippen molar-refractivity contribution in [2.24, 2.45) is 21.0 Å². The van der Waals surface area contributed by atoms with Crippen LogP contribution in [-0.2, 0) is 9.83 Å². The van der Waals surface area contributed by atoms with Crippen LogP contribution >= 0.6 is 10.8 Å². The van der Waals surface area contributed by atoms with Crippen LogP contribution in [0.25, 0.3) is 0 Å². The molecule has 1 heterocycles. The molecule has 0 aromatic rings. The van der Waals surface area contributed by atoms with Gasteiger partial charge in [-0.2, -0.15) is 10.2 Å².